The highest BCUT2D eigenvalue weighted by Crippen LogP contribution is 2.35. The van der Waals surface area contributed by atoms with Crippen molar-refractivity contribution in [2.24, 2.45) is 0 Å². The molecule has 0 spiro atoms. The number of halogens is 4. The molecular formula is C20H13F4N3O4. The summed E-state index contributed by atoms with van der Waals surface area (Å²) in [6.45, 7) is -0.0488. The van der Waals surface area contributed by atoms with Gasteiger partial charge in [-0.05, 0) is 35.9 Å². The first kappa shape index (κ1) is 21.6. The molecule has 0 bridgehead atoms. The summed E-state index contributed by atoms with van der Waals surface area (Å²) >= 11 is 0. The number of hydrogen-bond acceptors (Lipinski definition) is 6. The van der Waals surface area contributed by atoms with E-state index in [1.807, 2.05) is 6.07 Å². The molecule has 1 heterocycles. The van der Waals surface area contributed by atoms with Crippen LogP contribution in [-0.4, -0.2) is 17.1 Å². The maximum atomic E-state index is 13.4. The minimum absolute atomic E-state index is 0.0137. The fourth-order valence-corrected chi connectivity index (χ4v) is 2.51. The van der Waals surface area contributed by atoms with E-state index in [4.69, 9.17) is 14.2 Å². The summed E-state index contributed by atoms with van der Waals surface area (Å²) in [4.78, 5) is 17.3. The second-order valence-electron chi connectivity index (χ2n) is 6.07. The van der Waals surface area contributed by atoms with Crippen molar-refractivity contribution in [3.63, 3.8) is 0 Å². The van der Waals surface area contributed by atoms with Crippen molar-refractivity contribution in [1.82, 2.24) is 9.97 Å². The Morgan fingerprint density at radius 2 is 1.94 bits per heavy atom. The molecule has 7 nitrogen and oxygen atoms in total. The smallest absolute Gasteiger partial charge is 0.419 e. The number of H-pyrrole nitrogens is 1. The van der Waals surface area contributed by atoms with Crippen molar-refractivity contribution in [3.8, 4) is 29.3 Å². The molecule has 2 aromatic carbocycles. The molecule has 0 aliphatic rings. The second kappa shape index (κ2) is 8.74. The molecule has 0 saturated heterocycles. The number of aromatic nitrogens is 2. The van der Waals surface area contributed by atoms with Crippen LogP contribution in [0.2, 0.25) is 0 Å². The van der Waals surface area contributed by atoms with Crippen molar-refractivity contribution in [2.75, 3.05) is 7.11 Å². The van der Waals surface area contributed by atoms with Gasteiger partial charge in [-0.3, -0.25) is 4.98 Å². The maximum Gasteiger partial charge on any atom is 0.419 e. The van der Waals surface area contributed by atoms with Crippen LogP contribution in [0.5, 0.6) is 23.3 Å². The molecule has 3 rings (SSSR count). The lowest BCUT2D eigenvalue weighted by atomic mass is 10.1. The predicted octanol–water partition coefficient (Wildman–Crippen LogP) is 4.18. The molecule has 0 unspecified atom stereocenters. The Morgan fingerprint density at radius 1 is 1.16 bits per heavy atom. The normalized spacial score (nSPS) is 11.0. The second-order valence-corrected chi connectivity index (χ2v) is 6.07. The van der Waals surface area contributed by atoms with E-state index in [0.29, 0.717) is 17.7 Å². The quantitative estimate of drug-likeness (QED) is 0.584. The summed E-state index contributed by atoms with van der Waals surface area (Å²) in [5.74, 6) is -1.60. The van der Waals surface area contributed by atoms with Crippen molar-refractivity contribution >= 4 is 0 Å². The van der Waals surface area contributed by atoms with Crippen LogP contribution < -0.4 is 19.9 Å². The molecule has 11 heteroatoms. The molecule has 160 valence electrons. The van der Waals surface area contributed by atoms with Crippen LogP contribution in [-0.2, 0) is 12.8 Å². The molecule has 31 heavy (non-hydrogen) atoms. The number of methoxy groups -OCH3 is 1. The topological polar surface area (TPSA) is 97.2 Å². The van der Waals surface area contributed by atoms with Crippen molar-refractivity contribution < 1.29 is 31.8 Å². The summed E-state index contributed by atoms with van der Waals surface area (Å²) < 4.78 is 67.7. The number of nitrogens with zero attached hydrogens (tertiary/aromatic N) is 2. The average molecular weight is 435 g/mol. The van der Waals surface area contributed by atoms with Crippen LogP contribution in [0.1, 0.15) is 16.7 Å². The summed E-state index contributed by atoms with van der Waals surface area (Å²) in [7, 11) is 1.34. The summed E-state index contributed by atoms with van der Waals surface area (Å²) in [6.07, 6.45) is -4.89. The molecule has 0 aliphatic carbocycles. The van der Waals surface area contributed by atoms with Gasteiger partial charge in [-0.25, -0.2) is 9.18 Å². The van der Waals surface area contributed by atoms with E-state index in [0.717, 1.165) is 6.07 Å². The Bertz CT molecular complexity index is 1200. The van der Waals surface area contributed by atoms with Gasteiger partial charge in [0, 0.05) is 0 Å². The van der Waals surface area contributed by atoms with Gasteiger partial charge in [-0.2, -0.15) is 23.4 Å². The summed E-state index contributed by atoms with van der Waals surface area (Å²) in [5.41, 5.74) is -1.63. The third-order valence-corrected chi connectivity index (χ3v) is 3.94. The van der Waals surface area contributed by atoms with Crippen LogP contribution in [0, 0.1) is 17.1 Å². The fraction of sp³-hybridized carbons (Fsp3) is 0.150. The van der Waals surface area contributed by atoms with Gasteiger partial charge in [-0.1, -0.05) is 6.07 Å². The van der Waals surface area contributed by atoms with Crippen molar-refractivity contribution in [3.05, 3.63) is 75.5 Å². The SMILES string of the molecule is COc1cc(OCc2ccc(Oc3ccc(F)c(C(F)(F)F)c3)c(C#N)c2)[nH]c(=O)n1. The Hall–Kier alpha value is -4.07. The largest absolute Gasteiger partial charge is 0.481 e. The third kappa shape index (κ3) is 5.30. The van der Waals surface area contributed by atoms with Crippen molar-refractivity contribution in [1.29, 1.82) is 5.26 Å². The van der Waals surface area contributed by atoms with Gasteiger partial charge in [0.2, 0.25) is 11.8 Å². The zero-order valence-electron chi connectivity index (χ0n) is 15.8. The standard InChI is InChI=1S/C20H13F4N3O4/c1-29-17-8-18(27-19(28)26-17)30-10-11-2-5-16(12(6-11)9-25)31-13-3-4-15(21)14(7-13)20(22,23)24/h2-8H,10H2,1H3,(H,26,27,28). The number of nitrogens with one attached hydrogen (secondary N) is 1. The van der Waals surface area contributed by atoms with Crippen LogP contribution in [0.25, 0.3) is 0 Å². The summed E-state index contributed by atoms with van der Waals surface area (Å²) in [5, 5.41) is 9.36. The highest BCUT2D eigenvalue weighted by Gasteiger charge is 2.34. The predicted molar refractivity (Wildman–Crippen MR) is 98.4 cm³/mol. The lowest BCUT2D eigenvalue weighted by Gasteiger charge is -2.13. The van der Waals surface area contributed by atoms with Crippen LogP contribution in [0.4, 0.5) is 17.6 Å². The van der Waals surface area contributed by atoms with E-state index in [2.05, 4.69) is 9.97 Å². The van der Waals surface area contributed by atoms with Crippen LogP contribution >= 0.6 is 0 Å². The van der Waals surface area contributed by atoms with Gasteiger partial charge < -0.3 is 14.2 Å². The molecular weight excluding hydrogens is 422 g/mol. The molecule has 0 fully saturated rings. The van der Waals surface area contributed by atoms with Crippen LogP contribution in [0.3, 0.4) is 0 Å². The van der Waals surface area contributed by atoms with E-state index in [9.17, 15) is 27.6 Å². The highest BCUT2D eigenvalue weighted by atomic mass is 19.4. The number of nitriles is 1. The minimum atomic E-state index is -4.89. The van der Waals surface area contributed by atoms with E-state index >= 15 is 0 Å². The lowest BCUT2D eigenvalue weighted by Crippen LogP contribution is -2.12. The lowest BCUT2D eigenvalue weighted by molar-refractivity contribution is -0.140. The molecule has 0 radical (unpaired) electrons. The van der Waals surface area contributed by atoms with Gasteiger partial charge in [0.15, 0.2) is 0 Å². The number of aromatic amines is 1. The first-order chi connectivity index (χ1) is 14.7. The van der Waals surface area contributed by atoms with E-state index in [-0.39, 0.29) is 35.4 Å². The molecule has 0 aliphatic heterocycles. The molecule has 0 saturated carbocycles. The minimum Gasteiger partial charge on any atom is -0.481 e. The van der Waals surface area contributed by atoms with Crippen molar-refractivity contribution in [2.45, 2.75) is 12.8 Å². The number of alkyl halides is 3. The van der Waals surface area contributed by atoms with Gasteiger partial charge in [-0.15, -0.1) is 0 Å². The number of hydrogen-bond donors (Lipinski definition) is 1. The molecule has 0 amide bonds. The van der Waals surface area contributed by atoms with Crippen LogP contribution in [0.15, 0.2) is 47.3 Å². The van der Waals surface area contributed by atoms with E-state index in [1.165, 1.54) is 31.4 Å². The zero-order valence-corrected chi connectivity index (χ0v) is 15.8. The fourth-order valence-electron chi connectivity index (χ4n) is 2.51. The number of benzene rings is 2. The van der Waals surface area contributed by atoms with E-state index < -0.39 is 23.2 Å². The van der Waals surface area contributed by atoms with Gasteiger partial charge in [0.05, 0.1) is 24.3 Å². The monoisotopic (exact) mass is 435 g/mol. The van der Waals surface area contributed by atoms with E-state index in [1.54, 1.807) is 0 Å². The maximum absolute atomic E-state index is 13.4. The Kier molecular flexibility index (Phi) is 6.10. The number of ether oxygens (including phenoxy) is 3. The molecule has 3 aromatic rings. The summed E-state index contributed by atoms with van der Waals surface area (Å²) in [6, 6.07) is 9.69. The highest BCUT2D eigenvalue weighted by molar-refractivity contribution is 5.48. The van der Waals surface area contributed by atoms with Gasteiger partial charge >= 0.3 is 11.9 Å². The zero-order chi connectivity index (χ0) is 22.6. The first-order valence-corrected chi connectivity index (χ1v) is 8.55. The molecule has 0 atom stereocenters. The van der Waals surface area contributed by atoms with Gasteiger partial charge in [0.25, 0.3) is 0 Å². The first-order valence-electron chi connectivity index (χ1n) is 8.55. The average Bonchev–Trinajstić information content (AvgIpc) is 2.73. The Balaban J connectivity index is 1.79. The Labute approximate surface area is 172 Å². The Morgan fingerprint density at radius 3 is 2.61 bits per heavy atom. The third-order valence-electron chi connectivity index (χ3n) is 3.94. The van der Waals surface area contributed by atoms with Gasteiger partial charge in [0.1, 0.15) is 30.0 Å². The molecule has 1 N–H and O–H groups in total. The number of rotatable bonds is 6. The molecule has 1 aromatic heterocycles.